The molecule has 141 heavy (non-hydrogen) atoms. The lowest BCUT2D eigenvalue weighted by Gasteiger charge is -2.23. The number of aromatic nitrogens is 1. The molecule has 14 aromatic rings. The number of ketones is 3. The molecule has 0 unspecified atom stereocenters. The smallest absolute Gasteiger partial charge is 0.310 e. The molecule has 1 heterocycles. The molecule has 1 aromatic heterocycles. The number of benzene rings is 13. The number of ether oxygens (including phenoxy) is 2. The van der Waals surface area contributed by atoms with Gasteiger partial charge in [0, 0.05) is 67.8 Å². The lowest BCUT2D eigenvalue weighted by molar-refractivity contribution is -0.146. The fraction of sp³-hybridized carbons (Fsp3) is 0.309. The Morgan fingerprint density at radius 1 is 0.433 bits per heavy atom. The molecule has 1 aliphatic rings. The number of esters is 1. The molecule has 742 valence electrons. The second-order valence-corrected chi connectivity index (χ2v) is 41.0. The Hall–Kier alpha value is -11.2. The molecular weight excluding hydrogens is 1890 g/mol. The summed E-state index contributed by atoms with van der Waals surface area (Å²) in [7, 11) is 0. The fourth-order valence-electron chi connectivity index (χ4n) is 15.5. The van der Waals surface area contributed by atoms with E-state index >= 15 is 0 Å². The molecule has 1 saturated carbocycles. The number of Topliss-reactive ketones (excluding diaryl/α,β-unsaturated/α-hetero) is 2. The second kappa shape index (κ2) is 59.0. The maximum atomic E-state index is 12.4. The van der Waals surface area contributed by atoms with Crippen molar-refractivity contribution in [1.82, 2.24) is 4.98 Å². The molecule has 0 aliphatic heterocycles. The Morgan fingerprint density at radius 3 is 1.45 bits per heavy atom. The molecule has 0 atom stereocenters. The summed E-state index contributed by atoms with van der Waals surface area (Å²) in [5.74, 6) is 6.01. The van der Waals surface area contributed by atoms with Crippen LogP contribution in [-0.4, -0.2) is 41.0 Å². The van der Waals surface area contributed by atoms with Gasteiger partial charge in [0.15, 0.2) is 22.9 Å². The van der Waals surface area contributed by atoms with Gasteiger partial charge in [-0.05, 0) is 239 Å². The van der Waals surface area contributed by atoms with Crippen LogP contribution in [0.1, 0.15) is 286 Å². The number of nitrogen functional groups attached to an aromatic ring is 1. The number of nitrogens with two attached hydrogens (primary N) is 1. The van der Waals surface area contributed by atoms with Gasteiger partial charge in [-0.25, -0.2) is 4.98 Å². The van der Waals surface area contributed by atoms with Crippen molar-refractivity contribution in [3.8, 4) is 28.3 Å². The molecule has 0 radical (unpaired) electrons. The van der Waals surface area contributed by atoms with Crippen LogP contribution in [0.15, 0.2) is 308 Å². The number of hydrogen-bond acceptors (Lipinski definition) is 11. The maximum Gasteiger partial charge on any atom is 0.310 e. The van der Waals surface area contributed by atoms with E-state index in [2.05, 4.69) is 194 Å². The van der Waals surface area contributed by atoms with Crippen molar-refractivity contribution >= 4 is 144 Å². The van der Waals surface area contributed by atoms with Crippen LogP contribution in [-0.2, 0) is 22.4 Å². The van der Waals surface area contributed by atoms with E-state index in [-0.39, 0.29) is 35.8 Å². The number of hydrogen-bond donors (Lipinski definition) is 3. The van der Waals surface area contributed by atoms with Gasteiger partial charge in [-0.15, -0.1) is 0 Å². The summed E-state index contributed by atoms with van der Waals surface area (Å²) >= 11 is 43.0. The van der Waals surface area contributed by atoms with Crippen LogP contribution in [0.4, 0.5) is 28.4 Å². The summed E-state index contributed by atoms with van der Waals surface area (Å²) in [5.41, 5.74) is 27.4. The monoisotopic (exact) mass is 2030 g/mol. The highest BCUT2D eigenvalue weighted by molar-refractivity contribution is 6.40. The Morgan fingerprint density at radius 2 is 0.915 bits per heavy atom. The largest absolute Gasteiger partial charge is 0.488 e. The quantitative estimate of drug-likeness (QED) is 0.0185. The van der Waals surface area contributed by atoms with Crippen molar-refractivity contribution in [2.24, 2.45) is 17.8 Å². The number of para-hydroxylation sites is 5. The Kier molecular flexibility index (Phi) is 48.1. The molecular formula is C123H139Cl7N4O7. The zero-order valence-corrected chi connectivity index (χ0v) is 90.2. The van der Waals surface area contributed by atoms with Gasteiger partial charge >= 0.3 is 5.97 Å². The van der Waals surface area contributed by atoms with Crippen molar-refractivity contribution in [2.75, 3.05) is 23.0 Å². The van der Waals surface area contributed by atoms with Gasteiger partial charge in [0.05, 0.1) is 49.0 Å². The Labute approximate surface area is 874 Å². The number of carbonyl (C=O) groups excluding carboxylic acids is 4. The van der Waals surface area contributed by atoms with E-state index < -0.39 is 0 Å². The fourth-order valence-corrected chi connectivity index (χ4v) is 17.2. The third kappa shape index (κ3) is 37.9. The molecule has 1 fully saturated rings. The van der Waals surface area contributed by atoms with Crippen LogP contribution in [0.3, 0.4) is 0 Å². The first-order valence-electron chi connectivity index (χ1n) is 48.9. The number of rotatable bonds is 28. The van der Waals surface area contributed by atoms with Crippen LogP contribution in [0.25, 0.3) is 33.7 Å². The molecule has 18 heteroatoms. The minimum Gasteiger partial charge on any atom is -0.488 e. The number of carbonyl (C=O) groups is 4. The maximum absolute atomic E-state index is 12.4. The molecule has 4 N–H and O–H groups in total. The molecule has 11 nitrogen and oxygen atoms in total. The van der Waals surface area contributed by atoms with Gasteiger partial charge in [0.2, 0.25) is 5.89 Å². The summed E-state index contributed by atoms with van der Waals surface area (Å²) < 4.78 is 16.3. The Bertz CT molecular complexity index is 6220. The number of oxazole rings is 1. The molecule has 1 aliphatic carbocycles. The Balaban J connectivity index is 0.000000198. The first kappa shape index (κ1) is 115. The van der Waals surface area contributed by atoms with E-state index in [1.54, 1.807) is 30.3 Å². The highest BCUT2D eigenvalue weighted by Gasteiger charge is 2.23. The minimum absolute atomic E-state index is 0.0180. The van der Waals surface area contributed by atoms with Crippen molar-refractivity contribution in [2.45, 2.75) is 224 Å². The number of nitrogens with one attached hydrogen (secondary N) is 2. The average molecular weight is 2030 g/mol. The van der Waals surface area contributed by atoms with Crippen molar-refractivity contribution in [3.63, 3.8) is 0 Å². The second-order valence-electron chi connectivity index (χ2n) is 38.1. The third-order valence-electron chi connectivity index (χ3n) is 23.1. The summed E-state index contributed by atoms with van der Waals surface area (Å²) in [6.45, 7) is 42.0. The zero-order chi connectivity index (χ0) is 103. The van der Waals surface area contributed by atoms with Gasteiger partial charge in [-0.3, -0.25) is 19.2 Å². The van der Waals surface area contributed by atoms with Gasteiger partial charge in [0.1, 0.15) is 17.9 Å². The van der Waals surface area contributed by atoms with Crippen molar-refractivity contribution in [3.05, 3.63) is 406 Å². The molecule has 0 bridgehead atoms. The van der Waals surface area contributed by atoms with E-state index in [1.165, 1.54) is 77.5 Å². The summed E-state index contributed by atoms with van der Waals surface area (Å²) in [6.07, 6.45) is 10.6. The number of anilines is 5. The van der Waals surface area contributed by atoms with Crippen LogP contribution >= 0.6 is 81.2 Å². The lowest BCUT2D eigenvalue weighted by atomic mass is 9.83. The lowest BCUT2D eigenvalue weighted by Crippen LogP contribution is -2.14. The number of nitrogens with zero attached hydrogens (tertiary/aromatic N) is 1. The first-order chi connectivity index (χ1) is 67.3. The van der Waals surface area contributed by atoms with Crippen LogP contribution in [0.2, 0.25) is 35.2 Å². The molecule has 13 aromatic carbocycles. The number of halogens is 7. The molecule has 0 spiro atoms. The van der Waals surface area contributed by atoms with Crippen LogP contribution in [0.5, 0.6) is 5.75 Å². The van der Waals surface area contributed by atoms with Crippen LogP contribution < -0.4 is 21.1 Å². The van der Waals surface area contributed by atoms with E-state index in [1.807, 2.05) is 220 Å². The molecule has 0 amide bonds. The summed E-state index contributed by atoms with van der Waals surface area (Å²) in [6, 6.07) is 93.9. The van der Waals surface area contributed by atoms with E-state index in [0.29, 0.717) is 125 Å². The SMILES string of the molecule is C=CCOc1ccc(C(C)C)cc1Cl.CC(C)CC(=O)c1ccc(-c2ccccc2)cc1.CC(C)CC(=O)c1ccc(C2CCCCC2)c(Cl)c1.CC(C)Cc1ccc(C(C)C)cc1.CC(C)OC(=O)Cc1ccccc1Nc1c(Cl)cccc1Cl.CC(C)c1ccc2oc(-c3ccc(Cl)cc3)nc2c1.CC(C)c1cccc(C(=O)c2ccccc2)c1N.CC(C)c1ccccc1Nc1c(Cl)cccc1Cl. The van der Waals surface area contributed by atoms with E-state index in [0.717, 1.165) is 78.2 Å². The van der Waals surface area contributed by atoms with Gasteiger partial charge < -0.3 is 30.3 Å². The standard InChI is InChI=1S/C17H17Cl2NO2.C17H23ClO.C17H18O.C16H14ClNO.C16H17NO.C15H15Cl2N.C13H20.C12H15ClO/c1-11(2)22-16(21)10-12-6-3-4-9-15(12)20-17-13(18)7-5-8-14(17)19;1-12(2)10-17(19)14-8-9-15(16(18)11-14)13-6-4-3-5-7-13;1-13(2)12-17(18)16-10-8-15(9-11-16)14-6-4-3-5-7-14;1-10(2)12-5-8-15-14(9-12)18-16(19-15)11-3-6-13(17)7-4-11;1-11(2)13-9-6-10-14(15(13)17)16(18)12-7-4-3-5-8-12;1-10(2)11-6-3-4-9-14(11)18-15-12(16)7-5-8-13(15)17;1-10(2)9-12-5-7-13(8-6-12)11(3)4;1-4-7-14-12-6-5-10(9(2)3)8-11(12)13/h3-9,11,20H,10H2,1-2H3;8-9,11-13H,3-7,10H2,1-2H3;3-11,13H,12H2,1-2H3;3-10H,1-2H3;3-11H,17H2,1-2H3;3-10,18H,1-2H3;5-8,10-11H,9H2,1-4H3;4-6,8-9H,1,7H2,2-3H3. The summed E-state index contributed by atoms with van der Waals surface area (Å²) in [5, 5.41) is 11.0. The molecule has 15 rings (SSSR count). The predicted molar refractivity (Wildman–Crippen MR) is 602 cm³/mol. The predicted octanol–water partition coefficient (Wildman–Crippen LogP) is 38.2. The summed E-state index contributed by atoms with van der Waals surface area (Å²) in [4.78, 5) is 52.7. The van der Waals surface area contributed by atoms with Crippen molar-refractivity contribution < 1.29 is 33.1 Å². The first-order valence-corrected chi connectivity index (χ1v) is 51.5. The normalized spacial score (nSPS) is 11.6. The average Bonchev–Trinajstić information content (AvgIpc) is 1.68. The third-order valence-corrected chi connectivity index (χ3v) is 25.2. The van der Waals surface area contributed by atoms with Gasteiger partial charge in [0.25, 0.3) is 0 Å². The van der Waals surface area contributed by atoms with Crippen molar-refractivity contribution in [1.29, 1.82) is 0 Å². The van der Waals surface area contributed by atoms with Gasteiger partial charge in [-0.1, -0.05) is 418 Å². The van der Waals surface area contributed by atoms with Crippen LogP contribution in [0, 0.1) is 17.8 Å². The topological polar surface area (TPSA) is 163 Å². The number of fused-ring (bicyclic) bond motifs is 1. The minimum atomic E-state index is -0.269. The molecule has 0 saturated heterocycles. The zero-order valence-electron chi connectivity index (χ0n) is 84.9. The van der Waals surface area contributed by atoms with Gasteiger partial charge in [-0.2, -0.15) is 0 Å². The highest BCUT2D eigenvalue weighted by Crippen LogP contribution is 2.41. The van der Waals surface area contributed by atoms with E-state index in [4.69, 9.17) is 101 Å². The highest BCUT2D eigenvalue weighted by atomic mass is 35.5. The van der Waals surface area contributed by atoms with E-state index in [9.17, 15) is 19.2 Å².